The van der Waals surface area contributed by atoms with Gasteiger partial charge in [0.05, 0.1) is 19.3 Å². The molecule has 1 N–H and O–H groups in total. The van der Waals surface area contributed by atoms with Crippen molar-refractivity contribution in [3.8, 4) is 0 Å². The van der Waals surface area contributed by atoms with Gasteiger partial charge >= 0.3 is 0 Å². The average Bonchev–Trinajstić information content (AvgIpc) is 2.34. The number of rotatable bonds is 8. The molecular formula is C14H22ClNO2. The quantitative estimate of drug-likeness (QED) is 0.737. The van der Waals surface area contributed by atoms with Crippen LogP contribution in [-0.4, -0.2) is 32.9 Å². The summed E-state index contributed by atoms with van der Waals surface area (Å²) < 4.78 is 10.8. The first-order chi connectivity index (χ1) is 8.63. The SMILES string of the molecule is COCCOC(CNC(C)C)c1ccc(Cl)cc1. The molecule has 0 bridgehead atoms. The Morgan fingerprint density at radius 3 is 2.39 bits per heavy atom. The highest BCUT2D eigenvalue weighted by molar-refractivity contribution is 6.30. The van der Waals surface area contributed by atoms with Gasteiger partial charge in [0.25, 0.3) is 0 Å². The van der Waals surface area contributed by atoms with Crippen LogP contribution in [-0.2, 0) is 9.47 Å². The zero-order chi connectivity index (χ0) is 13.4. The zero-order valence-corrected chi connectivity index (χ0v) is 12.0. The molecular weight excluding hydrogens is 250 g/mol. The van der Waals surface area contributed by atoms with E-state index >= 15 is 0 Å². The number of methoxy groups -OCH3 is 1. The third kappa shape index (κ3) is 5.83. The van der Waals surface area contributed by atoms with Gasteiger partial charge in [0.1, 0.15) is 0 Å². The van der Waals surface area contributed by atoms with Gasteiger partial charge in [0.15, 0.2) is 0 Å². The molecule has 0 aliphatic heterocycles. The lowest BCUT2D eigenvalue weighted by Crippen LogP contribution is -2.29. The Bertz CT molecular complexity index is 327. The van der Waals surface area contributed by atoms with Crippen LogP contribution in [0.4, 0.5) is 0 Å². The smallest absolute Gasteiger partial charge is 0.0950 e. The highest BCUT2D eigenvalue weighted by Gasteiger charge is 2.12. The Labute approximate surface area is 114 Å². The summed E-state index contributed by atoms with van der Waals surface area (Å²) in [7, 11) is 1.67. The van der Waals surface area contributed by atoms with Crippen molar-refractivity contribution in [1.29, 1.82) is 0 Å². The van der Waals surface area contributed by atoms with E-state index in [1.54, 1.807) is 7.11 Å². The van der Waals surface area contributed by atoms with E-state index in [9.17, 15) is 0 Å². The standard InChI is InChI=1S/C14H22ClNO2/c1-11(2)16-10-14(18-9-8-17-3)12-4-6-13(15)7-5-12/h4-7,11,14,16H,8-10H2,1-3H3. The molecule has 0 heterocycles. The van der Waals surface area contributed by atoms with Crippen molar-refractivity contribution in [3.05, 3.63) is 34.9 Å². The van der Waals surface area contributed by atoms with E-state index in [0.717, 1.165) is 17.1 Å². The van der Waals surface area contributed by atoms with Crippen LogP contribution >= 0.6 is 11.6 Å². The molecule has 3 nitrogen and oxygen atoms in total. The molecule has 18 heavy (non-hydrogen) atoms. The summed E-state index contributed by atoms with van der Waals surface area (Å²) in [6.45, 7) is 6.21. The highest BCUT2D eigenvalue weighted by atomic mass is 35.5. The van der Waals surface area contributed by atoms with Crippen LogP contribution in [0.1, 0.15) is 25.5 Å². The van der Waals surface area contributed by atoms with Crippen molar-refractivity contribution in [2.24, 2.45) is 0 Å². The lowest BCUT2D eigenvalue weighted by atomic mass is 10.1. The summed E-state index contributed by atoms with van der Waals surface area (Å²) in [6.07, 6.45) is 0.0276. The number of hydrogen-bond donors (Lipinski definition) is 1. The summed E-state index contributed by atoms with van der Waals surface area (Å²) in [4.78, 5) is 0. The third-order valence-corrected chi connectivity index (χ3v) is 2.81. The van der Waals surface area contributed by atoms with Crippen LogP contribution in [0.2, 0.25) is 5.02 Å². The first-order valence-corrected chi connectivity index (χ1v) is 6.60. The molecule has 0 aliphatic carbocycles. The van der Waals surface area contributed by atoms with Gasteiger partial charge in [0.2, 0.25) is 0 Å². The maximum absolute atomic E-state index is 5.89. The Hall–Kier alpha value is -0.610. The molecule has 1 unspecified atom stereocenters. The second-order valence-electron chi connectivity index (χ2n) is 4.47. The lowest BCUT2D eigenvalue weighted by Gasteiger charge is -2.20. The van der Waals surface area contributed by atoms with E-state index in [4.69, 9.17) is 21.1 Å². The van der Waals surface area contributed by atoms with Crippen molar-refractivity contribution in [2.45, 2.75) is 26.0 Å². The highest BCUT2D eigenvalue weighted by Crippen LogP contribution is 2.19. The first kappa shape index (κ1) is 15.4. The fourth-order valence-corrected chi connectivity index (χ4v) is 1.69. The molecule has 0 saturated carbocycles. The van der Waals surface area contributed by atoms with Gasteiger partial charge in [-0.1, -0.05) is 37.6 Å². The minimum Gasteiger partial charge on any atom is -0.382 e. The summed E-state index contributed by atoms with van der Waals surface area (Å²) in [5.74, 6) is 0. The molecule has 0 saturated heterocycles. The molecule has 102 valence electrons. The topological polar surface area (TPSA) is 30.5 Å². The maximum Gasteiger partial charge on any atom is 0.0950 e. The summed E-state index contributed by atoms with van der Waals surface area (Å²) >= 11 is 5.89. The van der Waals surface area contributed by atoms with Crippen LogP contribution < -0.4 is 5.32 Å². The van der Waals surface area contributed by atoms with Gasteiger partial charge in [-0.05, 0) is 17.7 Å². The summed E-state index contributed by atoms with van der Waals surface area (Å²) in [6, 6.07) is 8.22. The fourth-order valence-electron chi connectivity index (χ4n) is 1.57. The van der Waals surface area contributed by atoms with E-state index in [1.807, 2.05) is 24.3 Å². The average molecular weight is 272 g/mol. The number of halogens is 1. The Morgan fingerprint density at radius 2 is 1.83 bits per heavy atom. The lowest BCUT2D eigenvalue weighted by molar-refractivity contribution is 0.0158. The summed E-state index contributed by atoms with van der Waals surface area (Å²) in [5, 5.41) is 4.13. The van der Waals surface area contributed by atoms with Crippen molar-refractivity contribution in [2.75, 3.05) is 26.9 Å². The predicted octanol–water partition coefficient (Wildman–Crippen LogP) is 3.04. The zero-order valence-electron chi connectivity index (χ0n) is 11.3. The number of nitrogens with one attached hydrogen (secondary N) is 1. The molecule has 0 spiro atoms. The third-order valence-electron chi connectivity index (χ3n) is 2.56. The van der Waals surface area contributed by atoms with Crippen molar-refractivity contribution < 1.29 is 9.47 Å². The molecule has 1 rings (SSSR count). The number of benzene rings is 1. The van der Waals surface area contributed by atoms with Crippen LogP contribution in [0.5, 0.6) is 0 Å². The van der Waals surface area contributed by atoms with Crippen molar-refractivity contribution >= 4 is 11.6 Å². The molecule has 1 atom stereocenters. The second kappa shape index (κ2) is 8.48. The molecule has 0 amide bonds. The summed E-state index contributed by atoms with van der Waals surface area (Å²) in [5.41, 5.74) is 1.13. The second-order valence-corrected chi connectivity index (χ2v) is 4.90. The van der Waals surface area contributed by atoms with E-state index in [2.05, 4.69) is 19.2 Å². The molecule has 0 aliphatic rings. The molecule has 0 aromatic heterocycles. The Balaban J connectivity index is 2.60. The molecule has 1 aromatic rings. The van der Waals surface area contributed by atoms with E-state index < -0.39 is 0 Å². The van der Waals surface area contributed by atoms with Crippen LogP contribution in [0, 0.1) is 0 Å². The number of ether oxygens (including phenoxy) is 2. The maximum atomic E-state index is 5.89. The van der Waals surface area contributed by atoms with Gasteiger partial charge in [-0.3, -0.25) is 0 Å². The molecule has 4 heteroatoms. The molecule has 1 aromatic carbocycles. The Kier molecular flexibility index (Phi) is 7.28. The monoisotopic (exact) mass is 271 g/mol. The van der Waals surface area contributed by atoms with E-state index in [-0.39, 0.29) is 6.10 Å². The molecule has 0 fully saturated rings. The van der Waals surface area contributed by atoms with Gasteiger partial charge in [0, 0.05) is 24.7 Å². The van der Waals surface area contributed by atoms with Crippen LogP contribution in [0.3, 0.4) is 0 Å². The van der Waals surface area contributed by atoms with E-state index in [0.29, 0.717) is 19.3 Å². The number of hydrogen-bond acceptors (Lipinski definition) is 3. The normalized spacial score (nSPS) is 12.9. The first-order valence-electron chi connectivity index (χ1n) is 6.23. The van der Waals surface area contributed by atoms with Crippen molar-refractivity contribution in [1.82, 2.24) is 5.32 Å². The molecule has 0 radical (unpaired) electrons. The van der Waals surface area contributed by atoms with Gasteiger partial charge in [-0.2, -0.15) is 0 Å². The fraction of sp³-hybridized carbons (Fsp3) is 0.571. The largest absolute Gasteiger partial charge is 0.382 e. The minimum absolute atomic E-state index is 0.0276. The van der Waals surface area contributed by atoms with E-state index in [1.165, 1.54) is 0 Å². The van der Waals surface area contributed by atoms with Gasteiger partial charge in [-0.25, -0.2) is 0 Å². The van der Waals surface area contributed by atoms with Gasteiger partial charge in [-0.15, -0.1) is 0 Å². The van der Waals surface area contributed by atoms with Crippen LogP contribution in [0.25, 0.3) is 0 Å². The van der Waals surface area contributed by atoms with Crippen molar-refractivity contribution in [3.63, 3.8) is 0 Å². The Morgan fingerprint density at radius 1 is 1.17 bits per heavy atom. The van der Waals surface area contributed by atoms with Crippen LogP contribution in [0.15, 0.2) is 24.3 Å². The van der Waals surface area contributed by atoms with Gasteiger partial charge < -0.3 is 14.8 Å². The predicted molar refractivity (Wildman–Crippen MR) is 75.2 cm³/mol. The minimum atomic E-state index is 0.0276.